The molecule has 0 unspecified atom stereocenters. The Morgan fingerprint density at radius 3 is 2.81 bits per heavy atom. The Labute approximate surface area is 154 Å². The normalized spacial score (nSPS) is 11.8. The van der Waals surface area contributed by atoms with Gasteiger partial charge < -0.3 is 15.8 Å². The van der Waals surface area contributed by atoms with Crippen LogP contribution in [0.25, 0.3) is 10.9 Å². The fourth-order valence-corrected chi connectivity index (χ4v) is 2.49. The highest BCUT2D eigenvalue weighted by Crippen LogP contribution is 2.26. The maximum atomic E-state index is 14.3. The second kappa shape index (κ2) is 7.34. The van der Waals surface area contributed by atoms with E-state index in [0.29, 0.717) is 12.0 Å². The summed E-state index contributed by atoms with van der Waals surface area (Å²) in [6.45, 7) is 1.49. The molecule has 1 aromatic carbocycles. The number of nitrogens with two attached hydrogens (primary N) is 2. The second-order valence-electron chi connectivity index (χ2n) is 5.87. The molecule has 0 radical (unpaired) electrons. The first-order valence-corrected chi connectivity index (χ1v) is 8.02. The number of rotatable bonds is 6. The zero-order valence-electron chi connectivity index (χ0n) is 14.4. The van der Waals surface area contributed by atoms with Crippen molar-refractivity contribution in [2.24, 2.45) is 11.6 Å². The molecule has 0 aliphatic carbocycles. The first kappa shape index (κ1) is 18.2. The maximum absolute atomic E-state index is 14.3. The van der Waals surface area contributed by atoms with Crippen LogP contribution < -0.4 is 21.9 Å². The molecular formula is C18H17FN6O2. The van der Waals surface area contributed by atoms with E-state index in [9.17, 15) is 14.0 Å². The van der Waals surface area contributed by atoms with Crippen molar-refractivity contribution in [3.63, 3.8) is 0 Å². The molecule has 2 heterocycles. The van der Waals surface area contributed by atoms with Crippen molar-refractivity contribution in [3.05, 3.63) is 54.0 Å². The van der Waals surface area contributed by atoms with E-state index in [4.69, 9.17) is 11.6 Å². The van der Waals surface area contributed by atoms with Crippen molar-refractivity contribution in [2.45, 2.75) is 13.0 Å². The highest BCUT2D eigenvalue weighted by Gasteiger charge is 2.21. The van der Waals surface area contributed by atoms with Crippen LogP contribution in [-0.2, 0) is 4.79 Å². The SMILES string of the molecule is C[C@H](C=O)N(N)c1nc(Nc2ccc3ncccc3c2)c(C(N)=O)cc1F. The standard InChI is InChI=1S/C18H17FN6O2/c1-10(9-26)25(21)18-14(19)8-13(16(20)27)17(24-18)23-12-4-5-15-11(7-12)3-2-6-22-15/h2-10H,21H2,1H3,(H2,20,27)(H,23,24)/t10-/m1/s1. The Morgan fingerprint density at radius 2 is 2.11 bits per heavy atom. The number of benzene rings is 1. The van der Waals surface area contributed by atoms with Gasteiger partial charge in [-0.2, -0.15) is 0 Å². The Morgan fingerprint density at radius 1 is 1.33 bits per heavy atom. The third kappa shape index (κ3) is 3.67. The molecule has 0 aliphatic rings. The van der Waals surface area contributed by atoms with Crippen molar-refractivity contribution < 1.29 is 14.0 Å². The minimum atomic E-state index is -0.867. The lowest BCUT2D eigenvalue weighted by atomic mass is 10.2. The van der Waals surface area contributed by atoms with Crippen LogP contribution in [0.15, 0.2) is 42.6 Å². The molecule has 138 valence electrons. The number of nitrogens with one attached hydrogen (secondary N) is 1. The van der Waals surface area contributed by atoms with Crippen LogP contribution in [0.1, 0.15) is 17.3 Å². The average Bonchev–Trinajstić information content (AvgIpc) is 2.67. The quantitative estimate of drug-likeness (QED) is 0.344. The van der Waals surface area contributed by atoms with E-state index < -0.39 is 17.8 Å². The van der Waals surface area contributed by atoms with E-state index in [0.717, 1.165) is 22.0 Å². The monoisotopic (exact) mass is 368 g/mol. The number of primary amides is 1. The molecule has 1 amide bonds. The van der Waals surface area contributed by atoms with Gasteiger partial charge in [0.25, 0.3) is 5.91 Å². The van der Waals surface area contributed by atoms with E-state index in [1.807, 2.05) is 6.07 Å². The lowest BCUT2D eigenvalue weighted by molar-refractivity contribution is -0.108. The van der Waals surface area contributed by atoms with Gasteiger partial charge in [-0.05, 0) is 37.3 Å². The zero-order valence-corrected chi connectivity index (χ0v) is 14.4. The Bertz CT molecular complexity index is 1030. The predicted octanol–water partition coefficient (Wildman–Crippen LogP) is 1.88. The molecule has 3 rings (SSSR count). The maximum Gasteiger partial charge on any atom is 0.252 e. The van der Waals surface area contributed by atoms with Crippen molar-refractivity contribution in [2.75, 3.05) is 10.3 Å². The summed E-state index contributed by atoms with van der Waals surface area (Å²) in [4.78, 5) is 31.0. The summed E-state index contributed by atoms with van der Waals surface area (Å²) in [5.74, 6) is 3.77. The minimum absolute atomic E-state index is 0.0238. The number of fused-ring (bicyclic) bond motifs is 1. The van der Waals surface area contributed by atoms with Crippen LogP contribution in [0.3, 0.4) is 0 Å². The first-order valence-electron chi connectivity index (χ1n) is 8.02. The third-order valence-corrected chi connectivity index (χ3v) is 3.97. The number of anilines is 3. The molecule has 8 nitrogen and oxygen atoms in total. The number of carbonyl (C=O) groups is 2. The number of nitrogens with zero attached hydrogens (tertiary/aromatic N) is 3. The highest BCUT2D eigenvalue weighted by atomic mass is 19.1. The number of halogens is 1. The lowest BCUT2D eigenvalue weighted by Crippen LogP contribution is -2.41. The zero-order chi connectivity index (χ0) is 19.6. The number of aromatic nitrogens is 2. The summed E-state index contributed by atoms with van der Waals surface area (Å²) in [6.07, 6.45) is 2.23. The van der Waals surface area contributed by atoms with Gasteiger partial charge >= 0.3 is 0 Å². The molecule has 2 aromatic heterocycles. The molecule has 0 spiro atoms. The number of hydrogen-bond acceptors (Lipinski definition) is 7. The summed E-state index contributed by atoms with van der Waals surface area (Å²) >= 11 is 0. The molecule has 27 heavy (non-hydrogen) atoms. The van der Waals surface area contributed by atoms with E-state index in [2.05, 4.69) is 15.3 Å². The van der Waals surface area contributed by atoms with Crippen molar-refractivity contribution in [1.29, 1.82) is 0 Å². The Kier molecular flexibility index (Phi) is 4.95. The minimum Gasteiger partial charge on any atom is -0.365 e. The number of hydrazine groups is 1. The van der Waals surface area contributed by atoms with Crippen LogP contribution in [0.5, 0.6) is 0 Å². The molecular weight excluding hydrogens is 351 g/mol. The highest BCUT2D eigenvalue weighted by molar-refractivity contribution is 5.99. The van der Waals surface area contributed by atoms with E-state index in [1.54, 1.807) is 30.5 Å². The van der Waals surface area contributed by atoms with Crippen LogP contribution in [0.4, 0.5) is 21.7 Å². The molecule has 0 aliphatic heterocycles. The molecule has 0 fully saturated rings. The van der Waals surface area contributed by atoms with Gasteiger partial charge in [0.15, 0.2) is 11.6 Å². The molecule has 3 aromatic rings. The van der Waals surface area contributed by atoms with E-state index in [-0.39, 0.29) is 17.2 Å². The Hall–Kier alpha value is -3.59. The average molecular weight is 368 g/mol. The number of pyridine rings is 2. The molecule has 0 bridgehead atoms. The number of amides is 1. The van der Waals surface area contributed by atoms with Crippen molar-refractivity contribution in [3.8, 4) is 0 Å². The summed E-state index contributed by atoms with van der Waals surface area (Å²) in [6, 6.07) is 9.11. The molecule has 5 N–H and O–H groups in total. The summed E-state index contributed by atoms with van der Waals surface area (Å²) in [5.41, 5.74) is 6.58. The fraction of sp³-hybridized carbons (Fsp3) is 0.111. The number of carbonyl (C=O) groups excluding carboxylic acids is 2. The summed E-state index contributed by atoms with van der Waals surface area (Å²) in [5, 5.41) is 4.69. The molecule has 0 saturated heterocycles. The topological polar surface area (TPSA) is 127 Å². The largest absolute Gasteiger partial charge is 0.365 e. The van der Waals surface area contributed by atoms with Crippen molar-refractivity contribution in [1.82, 2.24) is 9.97 Å². The predicted molar refractivity (Wildman–Crippen MR) is 99.9 cm³/mol. The first-order chi connectivity index (χ1) is 12.9. The lowest BCUT2D eigenvalue weighted by Gasteiger charge is -2.22. The van der Waals surface area contributed by atoms with Gasteiger partial charge in [-0.3, -0.25) is 14.8 Å². The molecule has 0 saturated carbocycles. The smallest absolute Gasteiger partial charge is 0.252 e. The van der Waals surface area contributed by atoms with Gasteiger partial charge in [-0.1, -0.05) is 6.07 Å². The van der Waals surface area contributed by atoms with E-state index in [1.165, 1.54) is 6.92 Å². The van der Waals surface area contributed by atoms with Gasteiger partial charge in [-0.15, -0.1) is 0 Å². The van der Waals surface area contributed by atoms with Crippen LogP contribution >= 0.6 is 0 Å². The number of hydrogen-bond donors (Lipinski definition) is 3. The van der Waals surface area contributed by atoms with Crippen LogP contribution in [0.2, 0.25) is 0 Å². The van der Waals surface area contributed by atoms with Gasteiger partial charge in [-0.25, -0.2) is 15.2 Å². The molecule has 1 atom stereocenters. The fourth-order valence-electron chi connectivity index (χ4n) is 2.49. The second-order valence-corrected chi connectivity index (χ2v) is 5.87. The van der Waals surface area contributed by atoms with Gasteiger partial charge in [0.2, 0.25) is 0 Å². The van der Waals surface area contributed by atoms with E-state index >= 15 is 0 Å². The summed E-state index contributed by atoms with van der Waals surface area (Å²) < 4.78 is 14.3. The van der Waals surface area contributed by atoms with Crippen molar-refractivity contribution >= 4 is 40.4 Å². The Balaban J connectivity index is 2.05. The third-order valence-electron chi connectivity index (χ3n) is 3.97. The van der Waals surface area contributed by atoms with Crippen LogP contribution in [-0.4, -0.2) is 28.2 Å². The van der Waals surface area contributed by atoms with Crippen LogP contribution in [0, 0.1) is 5.82 Å². The van der Waals surface area contributed by atoms with Gasteiger partial charge in [0.1, 0.15) is 12.1 Å². The molecule has 9 heteroatoms. The summed E-state index contributed by atoms with van der Waals surface area (Å²) in [7, 11) is 0. The van der Waals surface area contributed by atoms with Gasteiger partial charge in [0, 0.05) is 17.3 Å². The number of aldehydes is 1. The van der Waals surface area contributed by atoms with Gasteiger partial charge in [0.05, 0.1) is 17.1 Å².